The Morgan fingerprint density at radius 2 is 1.97 bits per heavy atom. The van der Waals surface area contributed by atoms with Gasteiger partial charge in [0.2, 0.25) is 5.91 Å². The van der Waals surface area contributed by atoms with E-state index in [2.05, 4.69) is 4.98 Å². The number of nitrogens with zero attached hydrogens (tertiary/aromatic N) is 3. The van der Waals surface area contributed by atoms with Crippen LogP contribution in [-0.4, -0.2) is 49.5 Å². The lowest BCUT2D eigenvalue weighted by molar-refractivity contribution is -0.136. The largest absolute Gasteiger partial charge is 0.383 e. The highest BCUT2D eigenvalue weighted by molar-refractivity contribution is 8.01. The van der Waals surface area contributed by atoms with Gasteiger partial charge in [0.1, 0.15) is 11.9 Å². The summed E-state index contributed by atoms with van der Waals surface area (Å²) in [5.74, 6) is 0.00947. The molecule has 10 heteroatoms. The van der Waals surface area contributed by atoms with Crippen molar-refractivity contribution in [2.45, 2.75) is 51.1 Å². The number of carbonyl (C=O) groups is 2. The molecule has 1 aromatic carbocycles. The number of aromatic amines is 1. The molecule has 2 amide bonds. The second-order valence-electron chi connectivity index (χ2n) is 9.17. The highest BCUT2D eigenvalue weighted by Crippen LogP contribution is 2.47. The third-order valence-electron chi connectivity index (χ3n) is 6.21. The first-order valence-electron chi connectivity index (χ1n) is 11.1. The third kappa shape index (κ3) is 4.19. The second kappa shape index (κ2) is 8.74. The van der Waals surface area contributed by atoms with Crippen LogP contribution in [0.4, 0.5) is 11.5 Å². The minimum absolute atomic E-state index is 0.0250. The van der Waals surface area contributed by atoms with Crippen molar-refractivity contribution in [2.75, 3.05) is 22.9 Å². The number of thioether (sulfide) groups is 1. The molecule has 176 valence electrons. The quantitative estimate of drug-likeness (QED) is 0.660. The zero-order valence-electron chi connectivity index (χ0n) is 19.0. The van der Waals surface area contributed by atoms with Gasteiger partial charge in [0, 0.05) is 18.7 Å². The number of anilines is 2. The lowest BCUT2D eigenvalue weighted by Gasteiger charge is -2.34. The van der Waals surface area contributed by atoms with Crippen molar-refractivity contribution < 1.29 is 9.59 Å². The predicted octanol–water partition coefficient (Wildman–Crippen LogP) is 1.61. The molecule has 9 nitrogen and oxygen atoms in total. The molecule has 0 aliphatic carbocycles. The van der Waals surface area contributed by atoms with Gasteiger partial charge in [-0.3, -0.25) is 23.9 Å². The molecular formula is C23H29N5O4S. The van der Waals surface area contributed by atoms with E-state index in [1.54, 1.807) is 16.7 Å². The zero-order chi connectivity index (χ0) is 23.9. The van der Waals surface area contributed by atoms with Crippen LogP contribution in [0.1, 0.15) is 39.2 Å². The molecule has 1 aromatic heterocycles. The molecule has 3 N–H and O–H groups in total. The fourth-order valence-corrected chi connectivity index (χ4v) is 6.02. The summed E-state index contributed by atoms with van der Waals surface area (Å²) in [4.78, 5) is 56.9. The highest BCUT2D eigenvalue weighted by Gasteiger charge is 2.54. The summed E-state index contributed by atoms with van der Waals surface area (Å²) in [6.07, 6.45) is 1.09. The number of aromatic nitrogens is 2. The van der Waals surface area contributed by atoms with Gasteiger partial charge in [0.15, 0.2) is 5.69 Å². The van der Waals surface area contributed by atoms with Gasteiger partial charge in [-0.15, -0.1) is 11.8 Å². The topological polar surface area (TPSA) is 121 Å². The number of hydrogen-bond donors (Lipinski definition) is 2. The lowest BCUT2D eigenvalue weighted by Crippen LogP contribution is -2.53. The van der Waals surface area contributed by atoms with Crippen molar-refractivity contribution in [1.29, 1.82) is 0 Å². The number of rotatable bonds is 6. The minimum atomic E-state index is -0.711. The van der Waals surface area contributed by atoms with Crippen molar-refractivity contribution in [1.82, 2.24) is 14.5 Å². The van der Waals surface area contributed by atoms with Crippen LogP contribution in [0.2, 0.25) is 0 Å². The van der Waals surface area contributed by atoms with Crippen LogP contribution in [0.15, 0.2) is 39.9 Å². The summed E-state index contributed by atoms with van der Waals surface area (Å²) in [7, 11) is 0. The number of nitrogen functional groups attached to an aromatic ring is 1. The average Bonchev–Trinajstić information content (AvgIpc) is 3.26. The molecule has 0 saturated carbocycles. The van der Waals surface area contributed by atoms with E-state index in [4.69, 9.17) is 5.73 Å². The summed E-state index contributed by atoms with van der Waals surface area (Å²) in [5.41, 5.74) is 5.80. The van der Waals surface area contributed by atoms with Gasteiger partial charge >= 0.3 is 5.69 Å². The van der Waals surface area contributed by atoms with Gasteiger partial charge in [-0.25, -0.2) is 4.79 Å². The van der Waals surface area contributed by atoms with Gasteiger partial charge in [0.05, 0.1) is 11.4 Å². The Kier molecular flexibility index (Phi) is 6.13. The normalized spacial score (nSPS) is 22.1. The number of H-pyrrole nitrogens is 1. The standard InChI is InChI=1S/C23H29N5O4S/c1-14(2)11-26(21(31)16-13-33-23(3)10-9-17(29)28(16)23)18-19(24)27(22(32)25-20(18)30)12-15-7-5-4-6-8-15/h4-8,14,16H,9-13,24H2,1-3H3,(H,25,30,32)/t16-,23-/m0/s1. The fourth-order valence-electron chi connectivity index (χ4n) is 4.60. The van der Waals surface area contributed by atoms with E-state index >= 15 is 0 Å². The first kappa shape index (κ1) is 23.2. The molecule has 2 fully saturated rings. The van der Waals surface area contributed by atoms with Crippen LogP contribution >= 0.6 is 11.8 Å². The summed E-state index contributed by atoms with van der Waals surface area (Å²) in [6.45, 7) is 6.22. The molecule has 2 aliphatic heterocycles. The van der Waals surface area contributed by atoms with Crippen LogP contribution in [0.25, 0.3) is 0 Å². The van der Waals surface area contributed by atoms with Crippen molar-refractivity contribution >= 4 is 35.1 Å². The molecule has 0 spiro atoms. The maximum atomic E-state index is 13.8. The number of benzene rings is 1. The first-order chi connectivity index (χ1) is 15.6. The van der Waals surface area contributed by atoms with Crippen LogP contribution < -0.4 is 21.9 Å². The Bertz CT molecular complexity index is 1190. The van der Waals surface area contributed by atoms with E-state index in [0.717, 1.165) is 5.56 Å². The second-order valence-corrected chi connectivity index (χ2v) is 10.7. The maximum absolute atomic E-state index is 13.8. The van der Waals surface area contributed by atoms with Crippen molar-refractivity contribution in [3.05, 3.63) is 56.7 Å². The molecule has 0 radical (unpaired) electrons. The highest BCUT2D eigenvalue weighted by atomic mass is 32.2. The Hall–Kier alpha value is -3.01. The molecular weight excluding hydrogens is 442 g/mol. The Labute approximate surface area is 195 Å². The van der Waals surface area contributed by atoms with Crippen molar-refractivity contribution in [3.63, 3.8) is 0 Å². The first-order valence-corrected chi connectivity index (χ1v) is 12.0. The molecule has 3 heterocycles. The summed E-state index contributed by atoms with van der Waals surface area (Å²) < 4.78 is 1.27. The summed E-state index contributed by atoms with van der Waals surface area (Å²) in [5, 5.41) is 0. The van der Waals surface area contributed by atoms with E-state index in [1.807, 2.05) is 51.1 Å². The molecule has 4 rings (SSSR count). The van der Waals surface area contributed by atoms with E-state index in [0.29, 0.717) is 18.6 Å². The van der Waals surface area contributed by atoms with Crippen LogP contribution in [-0.2, 0) is 16.1 Å². The summed E-state index contributed by atoms with van der Waals surface area (Å²) in [6, 6.07) is 8.58. The third-order valence-corrected chi connectivity index (χ3v) is 7.72. The van der Waals surface area contributed by atoms with E-state index < -0.39 is 22.2 Å². The molecule has 0 unspecified atom stereocenters. The van der Waals surface area contributed by atoms with Crippen LogP contribution in [0.3, 0.4) is 0 Å². The fraction of sp³-hybridized carbons (Fsp3) is 0.478. The Morgan fingerprint density at radius 3 is 2.64 bits per heavy atom. The van der Waals surface area contributed by atoms with Gasteiger partial charge in [-0.2, -0.15) is 0 Å². The lowest BCUT2D eigenvalue weighted by atomic mass is 10.1. The number of nitrogens with two attached hydrogens (primary N) is 1. The number of carbonyl (C=O) groups excluding carboxylic acids is 2. The minimum Gasteiger partial charge on any atom is -0.383 e. The molecule has 33 heavy (non-hydrogen) atoms. The molecule has 2 saturated heterocycles. The Balaban J connectivity index is 1.77. The van der Waals surface area contributed by atoms with E-state index in [9.17, 15) is 19.2 Å². The molecule has 2 atom stereocenters. The van der Waals surface area contributed by atoms with E-state index in [-0.39, 0.29) is 42.3 Å². The predicted molar refractivity (Wildman–Crippen MR) is 129 cm³/mol. The SMILES string of the molecule is CC(C)CN(C(=O)[C@@H]1CS[C@@]2(C)CCC(=O)N12)c1c(N)n(Cc2ccccc2)c(=O)[nH]c1=O. The average molecular weight is 472 g/mol. The molecule has 2 aliphatic rings. The van der Waals surface area contributed by atoms with Gasteiger partial charge in [-0.1, -0.05) is 44.2 Å². The zero-order valence-corrected chi connectivity index (χ0v) is 19.9. The van der Waals surface area contributed by atoms with Gasteiger partial charge in [-0.05, 0) is 24.8 Å². The van der Waals surface area contributed by atoms with Crippen molar-refractivity contribution in [3.8, 4) is 0 Å². The van der Waals surface area contributed by atoms with Crippen LogP contribution in [0.5, 0.6) is 0 Å². The van der Waals surface area contributed by atoms with Gasteiger partial charge < -0.3 is 15.5 Å². The smallest absolute Gasteiger partial charge is 0.330 e. The van der Waals surface area contributed by atoms with Gasteiger partial charge in [0.25, 0.3) is 11.5 Å². The molecule has 2 aromatic rings. The Morgan fingerprint density at radius 1 is 1.27 bits per heavy atom. The number of fused-ring (bicyclic) bond motifs is 1. The monoisotopic (exact) mass is 471 g/mol. The summed E-state index contributed by atoms with van der Waals surface area (Å²) >= 11 is 1.59. The van der Waals surface area contributed by atoms with E-state index in [1.165, 1.54) is 9.47 Å². The van der Waals surface area contributed by atoms with Crippen LogP contribution in [0, 0.1) is 5.92 Å². The maximum Gasteiger partial charge on any atom is 0.330 e. The number of nitrogens with one attached hydrogen (secondary N) is 1. The molecule has 0 bridgehead atoms. The number of hydrogen-bond acceptors (Lipinski definition) is 6. The number of amides is 2. The van der Waals surface area contributed by atoms with Crippen molar-refractivity contribution in [2.24, 2.45) is 5.92 Å².